The molecule has 0 aliphatic carbocycles. The van der Waals surface area contributed by atoms with Crippen molar-refractivity contribution in [1.29, 1.82) is 0 Å². The van der Waals surface area contributed by atoms with Gasteiger partial charge >= 0.3 is 5.97 Å². The molecule has 8 heteroatoms. The molecule has 1 aromatic rings. The van der Waals surface area contributed by atoms with E-state index < -0.39 is 28.9 Å². The average Bonchev–Trinajstić information content (AvgIpc) is 2.43. The third-order valence-corrected chi connectivity index (χ3v) is 2.74. The molecule has 0 aliphatic heterocycles. The van der Waals surface area contributed by atoms with E-state index in [-0.39, 0.29) is 12.1 Å². The molecule has 1 aromatic carbocycles. The van der Waals surface area contributed by atoms with Crippen molar-refractivity contribution in [3.8, 4) is 0 Å². The molecule has 1 amide bonds. The van der Waals surface area contributed by atoms with Crippen molar-refractivity contribution in [2.24, 2.45) is 0 Å². The summed E-state index contributed by atoms with van der Waals surface area (Å²) >= 11 is 0. The Morgan fingerprint density at radius 1 is 1.48 bits per heavy atom. The molecule has 0 aromatic heterocycles. The molecule has 8 nitrogen and oxygen atoms in total. The zero-order valence-corrected chi connectivity index (χ0v) is 11.6. The molecule has 0 bridgehead atoms. The van der Waals surface area contributed by atoms with E-state index in [0.29, 0.717) is 5.56 Å². The smallest absolute Gasteiger partial charge is 0.331 e. The monoisotopic (exact) mass is 296 g/mol. The lowest BCUT2D eigenvalue weighted by Gasteiger charge is -2.18. The van der Waals surface area contributed by atoms with Crippen LogP contribution in [0, 0.1) is 10.1 Å². The topological polar surface area (TPSA) is 119 Å². The van der Waals surface area contributed by atoms with Crippen LogP contribution in [-0.2, 0) is 20.7 Å². The Hall–Kier alpha value is -2.48. The van der Waals surface area contributed by atoms with E-state index in [1.807, 2.05) is 0 Å². The van der Waals surface area contributed by atoms with Crippen molar-refractivity contribution >= 4 is 17.6 Å². The molecule has 1 rings (SSSR count). The van der Waals surface area contributed by atoms with Crippen LogP contribution in [0.4, 0.5) is 5.69 Å². The van der Waals surface area contributed by atoms with Crippen molar-refractivity contribution in [3.05, 3.63) is 39.9 Å². The van der Waals surface area contributed by atoms with Crippen LogP contribution in [0.5, 0.6) is 0 Å². The van der Waals surface area contributed by atoms with Gasteiger partial charge in [-0.1, -0.05) is 12.1 Å². The highest BCUT2D eigenvalue weighted by Gasteiger charge is 2.26. The Bertz CT molecular complexity index is 543. The molecule has 0 fully saturated rings. The summed E-state index contributed by atoms with van der Waals surface area (Å²) in [5.41, 5.74) is 0.302. The van der Waals surface area contributed by atoms with Crippen LogP contribution >= 0.6 is 0 Å². The van der Waals surface area contributed by atoms with Crippen molar-refractivity contribution in [2.45, 2.75) is 25.5 Å². The number of hydrogen-bond acceptors (Lipinski definition) is 6. The summed E-state index contributed by atoms with van der Waals surface area (Å²) in [5, 5.41) is 22.4. The number of carbonyl (C=O) groups excluding carboxylic acids is 2. The van der Waals surface area contributed by atoms with Gasteiger partial charge in [-0.15, -0.1) is 0 Å². The first-order valence-electron chi connectivity index (χ1n) is 6.13. The normalized spacial score (nSPS) is 13.1. The van der Waals surface area contributed by atoms with Gasteiger partial charge in [-0.3, -0.25) is 14.9 Å². The maximum Gasteiger partial charge on any atom is 0.331 e. The standard InChI is InChI=1S/C13H16N2O6/c1-8(16)12(13(18)21-2)14-11(17)7-9-4-3-5-10(6-9)15(19)20/h3-6,8,12,16H,7H2,1-2H3,(H,14,17)/t8-,12+/m1/s1. The van der Waals surface area contributed by atoms with Crippen LogP contribution in [0.2, 0.25) is 0 Å². The molecule has 0 radical (unpaired) electrons. The molecule has 21 heavy (non-hydrogen) atoms. The van der Waals surface area contributed by atoms with Crippen LogP contribution < -0.4 is 5.32 Å². The van der Waals surface area contributed by atoms with Crippen LogP contribution in [0.1, 0.15) is 12.5 Å². The summed E-state index contributed by atoms with van der Waals surface area (Å²) in [5.74, 6) is -1.32. The van der Waals surface area contributed by atoms with E-state index in [9.17, 15) is 24.8 Å². The average molecular weight is 296 g/mol. The minimum Gasteiger partial charge on any atom is -0.467 e. The Balaban J connectivity index is 2.74. The Morgan fingerprint density at radius 3 is 2.67 bits per heavy atom. The quantitative estimate of drug-likeness (QED) is 0.439. The summed E-state index contributed by atoms with van der Waals surface area (Å²) < 4.78 is 4.47. The van der Waals surface area contributed by atoms with Crippen molar-refractivity contribution in [1.82, 2.24) is 5.32 Å². The number of non-ortho nitro benzene ring substituents is 1. The first-order chi connectivity index (χ1) is 9.85. The van der Waals surface area contributed by atoms with Gasteiger partial charge in [0, 0.05) is 12.1 Å². The van der Waals surface area contributed by atoms with Gasteiger partial charge in [-0.05, 0) is 12.5 Å². The molecule has 0 saturated heterocycles. The van der Waals surface area contributed by atoms with E-state index in [1.54, 1.807) is 6.07 Å². The first-order valence-corrected chi connectivity index (χ1v) is 6.13. The molecular formula is C13H16N2O6. The number of nitro groups is 1. The molecule has 114 valence electrons. The lowest BCUT2D eigenvalue weighted by atomic mass is 10.1. The Kier molecular flexibility index (Phi) is 5.79. The second-order valence-corrected chi connectivity index (χ2v) is 4.41. The van der Waals surface area contributed by atoms with Crippen LogP contribution in [-0.4, -0.2) is 41.2 Å². The zero-order chi connectivity index (χ0) is 16.0. The summed E-state index contributed by atoms with van der Waals surface area (Å²) in [6, 6.07) is 4.43. The van der Waals surface area contributed by atoms with E-state index in [4.69, 9.17) is 0 Å². The number of esters is 1. The van der Waals surface area contributed by atoms with Gasteiger partial charge in [0.25, 0.3) is 5.69 Å². The minimum absolute atomic E-state index is 0.125. The SMILES string of the molecule is COC(=O)[C@@H](NC(=O)Cc1cccc([N+](=O)[O-])c1)[C@@H](C)O. The predicted molar refractivity (Wildman–Crippen MR) is 72.4 cm³/mol. The summed E-state index contributed by atoms with van der Waals surface area (Å²) in [7, 11) is 1.14. The molecule has 0 aliphatic rings. The fraction of sp³-hybridized carbons (Fsp3) is 0.385. The van der Waals surface area contributed by atoms with Gasteiger partial charge in [-0.25, -0.2) is 4.79 Å². The van der Waals surface area contributed by atoms with Crippen LogP contribution in [0.15, 0.2) is 24.3 Å². The number of carbonyl (C=O) groups is 2. The molecule has 0 spiro atoms. The third-order valence-electron chi connectivity index (χ3n) is 2.74. The van der Waals surface area contributed by atoms with Gasteiger partial charge in [0.2, 0.25) is 5.91 Å². The molecule has 0 heterocycles. The lowest BCUT2D eigenvalue weighted by Crippen LogP contribution is -2.48. The van der Waals surface area contributed by atoms with E-state index in [0.717, 1.165) is 7.11 Å². The van der Waals surface area contributed by atoms with Gasteiger partial charge in [0.05, 0.1) is 24.6 Å². The second kappa shape index (κ2) is 7.34. The fourth-order valence-corrected chi connectivity index (χ4v) is 1.69. The number of aliphatic hydroxyl groups excluding tert-OH is 1. The number of hydrogen-bond donors (Lipinski definition) is 2. The number of aliphatic hydroxyl groups is 1. The zero-order valence-electron chi connectivity index (χ0n) is 11.6. The number of amides is 1. The minimum atomic E-state index is -1.18. The summed E-state index contributed by atoms with van der Waals surface area (Å²) in [6.45, 7) is 1.34. The molecule has 0 unspecified atom stereocenters. The lowest BCUT2D eigenvalue weighted by molar-refractivity contribution is -0.384. The number of methoxy groups -OCH3 is 1. The number of nitro benzene ring substituents is 1. The number of benzene rings is 1. The number of rotatable bonds is 6. The van der Waals surface area contributed by atoms with Gasteiger partial charge in [0.1, 0.15) is 0 Å². The van der Waals surface area contributed by atoms with Gasteiger partial charge in [0.15, 0.2) is 6.04 Å². The van der Waals surface area contributed by atoms with Crippen molar-refractivity contribution < 1.29 is 24.4 Å². The van der Waals surface area contributed by atoms with Crippen LogP contribution in [0.3, 0.4) is 0 Å². The molecule has 0 saturated carbocycles. The summed E-state index contributed by atoms with van der Waals surface area (Å²) in [6.07, 6.45) is -1.27. The Labute approximate surface area is 120 Å². The fourth-order valence-electron chi connectivity index (χ4n) is 1.69. The molecule has 2 N–H and O–H groups in total. The Morgan fingerprint density at radius 2 is 2.14 bits per heavy atom. The van der Waals surface area contributed by atoms with Gasteiger partial charge < -0.3 is 15.2 Å². The predicted octanol–water partition coefficient (Wildman–Crippen LogP) is 0.176. The molecule has 2 atom stereocenters. The second-order valence-electron chi connectivity index (χ2n) is 4.41. The molecular weight excluding hydrogens is 280 g/mol. The maximum atomic E-state index is 11.8. The third kappa shape index (κ3) is 4.84. The highest BCUT2D eigenvalue weighted by Crippen LogP contribution is 2.13. The van der Waals surface area contributed by atoms with Crippen molar-refractivity contribution in [3.63, 3.8) is 0 Å². The summed E-state index contributed by atoms with van der Waals surface area (Å²) in [4.78, 5) is 33.3. The van der Waals surface area contributed by atoms with Crippen LogP contribution in [0.25, 0.3) is 0 Å². The highest BCUT2D eigenvalue weighted by atomic mass is 16.6. The van der Waals surface area contributed by atoms with Gasteiger partial charge in [-0.2, -0.15) is 0 Å². The maximum absolute atomic E-state index is 11.8. The number of nitrogens with zero attached hydrogens (tertiary/aromatic N) is 1. The first kappa shape index (κ1) is 16.6. The van der Waals surface area contributed by atoms with E-state index in [2.05, 4.69) is 10.1 Å². The van der Waals surface area contributed by atoms with E-state index in [1.165, 1.54) is 25.1 Å². The van der Waals surface area contributed by atoms with E-state index >= 15 is 0 Å². The van der Waals surface area contributed by atoms with Crippen molar-refractivity contribution in [2.75, 3.05) is 7.11 Å². The number of ether oxygens (including phenoxy) is 1. The number of nitrogens with one attached hydrogen (secondary N) is 1. The largest absolute Gasteiger partial charge is 0.467 e. The highest BCUT2D eigenvalue weighted by molar-refractivity contribution is 5.86.